The van der Waals surface area contributed by atoms with Crippen molar-refractivity contribution in [3.05, 3.63) is 11.8 Å². The summed E-state index contributed by atoms with van der Waals surface area (Å²) in [5.74, 6) is -6.15. The van der Waals surface area contributed by atoms with Crippen molar-refractivity contribution in [1.29, 1.82) is 0 Å². The number of aliphatic hydroxyl groups excluding tert-OH is 2. The number of aliphatic hydroxyl groups is 2. The number of aliphatic imine (C=N–C) groups is 1. The Labute approximate surface area is 348 Å². The van der Waals surface area contributed by atoms with E-state index in [1.807, 2.05) is 13.8 Å². The van der Waals surface area contributed by atoms with Crippen LogP contribution in [0.1, 0.15) is 80.6 Å². The number of nitrogens with zero attached hydrogens (tertiary/aromatic N) is 4. The summed E-state index contributed by atoms with van der Waals surface area (Å²) in [6, 6.07) is -7.40. The van der Waals surface area contributed by atoms with Gasteiger partial charge in [0.1, 0.15) is 48.6 Å². The average molecular weight is 849 g/mol. The number of carbonyl (C=O) groups is 8. The van der Waals surface area contributed by atoms with Crippen molar-refractivity contribution in [3.63, 3.8) is 0 Å². The number of esters is 1. The average Bonchev–Trinajstić information content (AvgIpc) is 3.97. The van der Waals surface area contributed by atoms with E-state index in [2.05, 4.69) is 26.3 Å². The zero-order valence-corrected chi connectivity index (χ0v) is 35.9. The van der Waals surface area contributed by atoms with Gasteiger partial charge in [-0.2, -0.15) is 0 Å². The molecular weight excluding hydrogens is 789 g/mol. The van der Waals surface area contributed by atoms with E-state index in [0.29, 0.717) is 30.9 Å². The Morgan fingerprint density at radius 3 is 2.12 bits per heavy atom. The fourth-order valence-electron chi connectivity index (χ4n) is 7.66. The van der Waals surface area contributed by atoms with Crippen molar-refractivity contribution in [2.45, 2.75) is 135 Å². The van der Waals surface area contributed by atoms with Gasteiger partial charge in [-0.1, -0.05) is 33.8 Å². The number of cyclic esters (lactones) is 1. The van der Waals surface area contributed by atoms with Crippen molar-refractivity contribution in [2.24, 2.45) is 16.8 Å². The fraction of sp³-hybridized carbons (Fsp3) is 0.718. The number of nitrogens with one attached hydrogen (secondary N) is 4. The minimum absolute atomic E-state index is 0.0114. The molecular formula is C39H60N8O11S. The largest absolute Gasteiger partial charge is 0.461 e. The molecule has 9 atom stereocenters. The van der Waals surface area contributed by atoms with Crippen molar-refractivity contribution >= 4 is 64.1 Å². The lowest BCUT2D eigenvalue weighted by atomic mass is 10.0. The van der Waals surface area contributed by atoms with Crippen molar-refractivity contribution < 1.29 is 53.3 Å². The van der Waals surface area contributed by atoms with Gasteiger partial charge >= 0.3 is 5.97 Å². The van der Waals surface area contributed by atoms with Crippen molar-refractivity contribution in [1.82, 2.24) is 36.0 Å². The lowest BCUT2D eigenvalue weighted by Gasteiger charge is -2.34. The molecule has 0 aromatic heterocycles. The first kappa shape index (κ1) is 47.1. The second-order valence-corrected chi connectivity index (χ2v) is 17.3. The number of likely N-dealkylation sites (N-methyl/N-ethyl adjacent to an activating group) is 1. The third-order valence-corrected chi connectivity index (χ3v) is 12.0. The van der Waals surface area contributed by atoms with Crippen LogP contribution in [0.2, 0.25) is 0 Å². The van der Waals surface area contributed by atoms with Crippen LogP contribution in [0, 0.1) is 11.8 Å². The van der Waals surface area contributed by atoms with Gasteiger partial charge in [0, 0.05) is 25.9 Å². The molecule has 2 fully saturated rings. The van der Waals surface area contributed by atoms with Crippen LogP contribution in [0.5, 0.6) is 0 Å². The van der Waals surface area contributed by atoms with Crippen molar-refractivity contribution in [2.75, 3.05) is 32.5 Å². The number of amides is 7. The van der Waals surface area contributed by atoms with Crippen LogP contribution in [0.4, 0.5) is 0 Å². The molecule has 4 aliphatic rings. The number of hydrogen-bond donors (Lipinski definition) is 6. The predicted octanol–water partition coefficient (Wildman–Crippen LogP) is -1.20. The molecule has 4 aliphatic heterocycles. The predicted molar refractivity (Wildman–Crippen MR) is 216 cm³/mol. The number of carbonyl (C=O) groups excluding carboxylic acids is 8. The molecule has 0 radical (unpaired) electrons. The summed E-state index contributed by atoms with van der Waals surface area (Å²) < 4.78 is 5.27. The van der Waals surface area contributed by atoms with Crippen LogP contribution in [0.15, 0.2) is 16.8 Å². The summed E-state index contributed by atoms with van der Waals surface area (Å²) in [5, 5.41) is 32.2. The normalized spacial score (nSPS) is 31.6. The second kappa shape index (κ2) is 20.6. The molecule has 0 saturated carbocycles. The molecule has 2 saturated heterocycles. The van der Waals surface area contributed by atoms with Gasteiger partial charge in [-0.3, -0.25) is 38.6 Å². The molecule has 19 nitrogen and oxygen atoms in total. The van der Waals surface area contributed by atoms with Crippen LogP contribution < -0.4 is 21.3 Å². The fourth-order valence-corrected chi connectivity index (χ4v) is 8.85. The molecule has 0 aromatic carbocycles. The van der Waals surface area contributed by atoms with E-state index < -0.39 is 108 Å². The van der Waals surface area contributed by atoms with E-state index in [1.165, 1.54) is 43.6 Å². The maximum Gasteiger partial charge on any atom is 0.329 e. The molecule has 6 N–H and O–H groups in total. The van der Waals surface area contributed by atoms with Crippen LogP contribution in [0.3, 0.4) is 0 Å². The Balaban J connectivity index is 1.66. The third kappa shape index (κ3) is 11.4. The zero-order valence-electron chi connectivity index (χ0n) is 35.1. The maximum atomic E-state index is 14.1. The van der Waals surface area contributed by atoms with Gasteiger partial charge in [0.25, 0.3) is 11.8 Å². The van der Waals surface area contributed by atoms with E-state index in [0.717, 1.165) is 4.90 Å². The lowest BCUT2D eigenvalue weighted by molar-refractivity contribution is -0.161. The molecule has 0 unspecified atom stereocenters. The minimum Gasteiger partial charge on any atom is -0.461 e. The monoisotopic (exact) mass is 848 g/mol. The highest BCUT2D eigenvalue weighted by Gasteiger charge is 2.43. The second-order valence-electron chi connectivity index (χ2n) is 16.3. The van der Waals surface area contributed by atoms with E-state index in [4.69, 9.17) is 4.74 Å². The van der Waals surface area contributed by atoms with E-state index in [-0.39, 0.29) is 42.7 Å². The van der Waals surface area contributed by atoms with Crippen LogP contribution in [0.25, 0.3) is 0 Å². The summed E-state index contributed by atoms with van der Waals surface area (Å²) in [5.41, 5.74) is -0.0711. The molecule has 59 heavy (non-hydrogen) atoms. The highest BCUT2D eigenvalue weighted by Crippen LogP contribution is 2.30. The van der Waals surface area contributed by atoms with Gasteiger partial charge in [0.2, 0.25) is 29.5 Å². The molecule has 0 spiro atoms. The summed E-state index contributed by atoms with van der Waals surface area (Å²) in [7, 11) is 1.28. The Morgan fingerprint density at radius 2 is 1.51 bits per heavy atom. The van der Waals surface area contributed by atoms with Gasteiger partial charge in [0.15, 0.2) is 6.10 Å². The number of ether oxygens (including phenoxy) is 1. The van der Waals surface area contributed by atoms with Gasteiger partial charge in [-0.05, 0) is 64.7 Å². The minimum atomic E-state index is -1.91. The first-order valence-electron chi connectivity index (χ1n) is 20.3. The van der Waals surface area contributed by atoms with E-state index >= 15 is 0 Å². The molecule has 2 bridgehead atoms. The maximum absolute atomic E-state index is 14.1. The highest BCUT2D eigenvalue weighted by atomic mass is 32.2. The lowest BCUT2D eigenvalue weighted by Crippen LogP contribution is -2.60. The van der Waals surface area contributed by atoms with E-state index in [9.17, 15) is 48.6 Å². The van der Waals surface area contributed by atoms with Gasteiger partial charge in [0.05, 0.1) is 17.2 Å². The van der Waals surface area contributed by atoms with Gasteiger partial charge in [-0.15, -0.1) is 11.8 Å². The number of hydrogen-bond acceptors (Lipinski definition) is 13. The zero-order chi connectivity index (χ0) is 43.9. The summed E-state index contributed by atoms with van der Waals surface area (Å²) in [6.45, 7) is 11.0. The number of fused-ring (bicyclic) bond motifs is 4. The quantitative estimate of drug-likeness (QED) is 0.144. The summed E-state index contributed by atoms with van der Waals surface area (Å²) >= 11 is 1.33. The van der Waals surface area contributed by atoms with Gasteiger partial charge in [-0.25, -0.2) is 4.79 Å². The molecule has 0 aliphatic carbocycles. The number of allylic oxidation sites excluding steroid dienone is 1. The Morgan fingerprint density at radius 1 is 0.864 bits per heavy atom. The number of thioether (sulfide) groups is 1. The Hall–Kier alpha value is -4.56. The molecule has 4 rings (SSSR count). The topological polar surface area (TPSA) is 256 Å². The van der Waals surface area contributed by atoms with Crippen LogP contribution in [-0.4, -0.2) is 164 Å². The SMILES string of the molecule is C/C=C1\NC(=O)[C@@H]2CSC(=N2)[C@@H]2CCCN2C(=O)[C@@H](CC(C)C)NC(=O)[C@H](C)NC(=O)[C@@H](O)COC(=O)[C@H](C(C)C)N(C)C(=O)[C@H]([C@@H](C)O)NC(=O)[C@@H]2CCCN2C1=O. The Kier molecular flexibility index (Phi) is 16.5. The van der Waals surface area contributed by atoms with Crippen LogP contribution >= 0.6 is 11.8 Å². The smallest absolute Gasteiger partial charge is 0.329 e. The highest BCUT2D eigenvalue weighted by molar-refractivity contribution is 8.14. The molecule has 4 heterocycles. The first-order chi connectivity index (χ1) is 27.8. The van der Waals surface area contributed by atoms with E-state index in [1.54, 1.807) is 25.7 Å². The van der Waals surface area contributed by atoms with Gasteiger partial charge < -0.3 is 50.9 Å². The first-order valence-corrected chi connectivity index (χ1v) is 21.2. The number of rotatable bonds is 4. The summed E-state index contributed by atoms with van der Waals surface area (Å²) in [6.07, 6.45) is 0.271. The molecule has 328 valence electrons. The van der Waals surface area contributed by atoms with Crippen LogP contribution in [-0.2, 0) is 43.1 Å². The third-order valence-electron chi connectivity index (χ3n) is 10.8. The Bertz CT molecular complexity index is 1700. The molecule has 7 amide bonds. The summed E-state index contributed by atoms with van der Waals surface area (Å²) in [4.78, 5) is 117. The molecule has 20 heteroatoms. The van der Waals surface area contributed by atoms with Crippen molar-refractivity contribution in [3.8, 4) is 0 Å². The molecule has 0 aromatic rings. The standard InChI is InChI=1S/C39H60N8O11S/c1-9-23-36(54)46-14-10-12-26(46)33(52)44-29(22(7)48)38(56)45(8)30(20(4)5)39(57)58-17-28(49)34(53)40-21(6)31(50)42-24(16-19(2)3)37(55)47-15-11-13-27(47)35-43-25(18-59-35)32(51)41-23/h9,19-22,24-30,48-49H,10-18H2,1-8H3,(H,40,53)(H,41,51)(H,42,50)(H,44,52)/b23-9-/t21-,22+,24+,25-,26-,27-,28-,29-,30-/m0/s1.